The maximum atomic E-state index is 12.7. The molecule has 1 amide bonds. The molecule has 0 unspecified atom stereocenters. The van der Waals surface area contributed by atoms with Gasteiger partial charge in [-0.05, 0) is 37.9 Å². The zero-order valence-electron chi connectivity index (χ0n) is 11.1. The number of benzene rings is 1. The van der Waals surface area contributed by atoms with Gasteiger partial charge in [0.25, 0.3) is 0 Å². The molecule has 2 heterocycles. The Labute approximate surface area is 113 Å². The van der Waals surface area contributed by atoms with Crippen molar-refractivity contribution in [2.24, 2.45) is 5.92 Å². The Balaban J connectivity index is 1.84. The number of fused-ring (bicyclic) bond motifs is 1. The highest BCUT2D eigenvalue weighted by Crippen LogP contribution is 2.32. The lowest BCUT2D eigenvalue weighted by molar-refractivity contribution is -0.122. The number of hydrogen-bond donors (Lipinski definition) is 1. The Morgan fingerprint density at radius 2 is 2.21 bits per heavy atom. The largest absolute Gasteiger partial charge is 0.491 e. The molecule has 0 aliphatic carbocycles. The normalized spacial score (nSPS) is 23.2. The molecule has 2 aliphatic rings. The number of anilines is 1. The van der Waals surface area contributed by atoms with Crippen molar-refractivity contribution in [1.29, 1.82) is 0 Å². The van der Waals surface area contributed by atoms with Crippen LogP contribution >= 0.6 is 0 Å². The first kappa shape index (κ1) is 12.5. The van der Waals surface area contributed by atoms with Crippen LogP contribution in [0.3, 0.4) is 0 Å². The average Bonchev–Trinajstić information content (AvgIpc) is 2.70. The van der Waals surface area contributed by atoms with Crippen LogP contribution in [-0.2, 0) is 4.79 Å². The summed E-state index contributed by atoms with van der Waals surface area (Å²) in [5.74, 6) is 1.18. The summed E-state index contributed by atoms with van der Waals surface area (Å²) in [6, 6.07) is 7.84. The lowest BCUT2D eigenvalue weighted by Crippen LogP contribution is -2.43. The third-order valence-electron chi connectivity index (χ3n) is 3.85. The van der Waals surface area contributed by atoms with Crippen molar-refractivity contribution < 1.29 is 9.53 Å². The van der Waals surface area contributed by atoms with Gasteiger partial charge in [-0.2, -0.15) is 0 Å². The predicted octanol–water partition coefficient (Wildman–Crippen LogP) is 1.80. The molecule has 3 rings (SSSR count). The van der Waals surface area contributed by atoms with E-state index in [1.54, 1.807) is 0 Å². The molecule has 1 aromatic rings. The van der Waals surface area contributed by atoms with Crippen molar-refractivity contribution in [2.45, 2.75) is 19.3 Å². The number of para-hydroxylation sites is 2. The molecule has 2 aliphatic heterocycles. The molecule has 102 valence electrons. The molecule has 4 heteroatoms. The first-order valence-electron chi connectivity index (χ1n) is 7.10. The van der Waals surface area contributed by atoms with Gasteiger partial charge in [-0.1, -0.05) is 12.1 Å². The topological polar surface area (TPSA) is 41.6 Å². The number of nitrogens with zero attached hydrogens (tertiary/aromatic N) is 1. The molecule has 1 N–H and O–H groups in total. The van der Waals surface area contributed by atoms with Crippen LogP contribution in [-0.4, -0.2) is 32.1 Å². The van der Waals surface area contributed by atoms with Crippen LogP contribution in [0, 0.1) is 5.92 Å². The zero-order valence-corrected chi connectivity index (χ0v) is 11.1. The standard InChI is InChI=1S/C15H20N2O2/c18-15(12-5-3-8-16-11-12)17-9-4-10-19-14-7-2-1-6-13(14)17/h1-2,6-7,12,16H,3-5,8-11H2/t12-/m0/s1. The molecule has 0 spiro atoms. The fourth-order valence-corrected chi connectivity index (χ4v) is 2.84. The van der Waals surface area contributed by atoms with E-state index in [0.29, 0.717) is 6.61 Å². The average molecular weight is 260 g/mol. The maximum Gasteiger partial charge on any atom is 0.231 e. The summed E-state index contributed by atoms with van der Waals surface area (Å²) in [5.41, 5.74) is 0.926. The molecule has 0 bridgehead atoms. The Morgan fingerprint density at radius 3 is 3.05 bits per heavy atom. The Hall–Kier alpha value is -1.55. The second-order valence-corrected chi connectivity index (χ2v) is 5.20. The van der Waals surface area contributed by atoms with Crippen LogP contribution in [0.25, 0.3) is 0 Å². The lowest BCUT2D eigenvalue weighted by Gasteiger charge is -2.29. The smallest absolute Gasteiger partial charge is 0.231 e. The molecule has 1 fully saturated rings. The minimum Gasteiger partial charge on any atom is -0.491 e. The van der Waals surface area contributed by atoms with Gasteiger partial charge in [0.15, 0.2) is 0 Å². The van der Waals surface area contributed by atoms with Crippen LogP contribution in [0.2, 0.25) is 0 Å². The lowest BCUT2D eigenvalue weighted by atomic mass is 9.97. The van der Waals surface area contributed by atoms with Crippen LogP contribution in [0.5, 0.6) is 5.75 Å². The Bertz CT molecular complexity index is 455. The van der Waals surface area contributed by atoms with Gasteiger partial charge in [0.1, 0.15) is 5.75 Å². The zero-order chi connectivity index (χ0) is 13.1. The van der Waals surface area contributed by atoms with Gasteiger partial charge < -0.3 is 15.0 Å². The summed E-state index contributed by atoms with van der Waals surface area (Å²) < 4.78 is 5.71. The Kier molecular flexibility index (Phi) is 3.69. The summed E-state index contributed by atoms with van der Waals surface area (Å²) in [4.78, 5) is 14.6. The van der Waals surface area contributed by atoms with Gasteiger partial charge in [-0.15, -0.1) is 0 Å². The fourth-order valence-electron chi connectivity index (χ4n) is 2.84. The molecule has 1 aromatic carbocycles. The van der Waals surface area contributed by atoms with E-state index in [9.17, 15) is 4.79 Å². The predicted molar refractivity (Wildman–Crippen MR) is 74.5 cm³/mol. The van der Waals surface area contributed by atoms with Gasteiger partial charge in [0, 0.05) is 13.1 Å². The highest BCUT2D eigenvalue weighted by molar-refractivity contribution is 5.96. The van der Waals surface area contributed by atoms with Crippen LogP contribution in [0.1, 0.15) is 19.3 Å². The molecule has 0 saturated carbocycles. The number of hydrogen-bond acceptors (Lipinski definition) is 3. The number of ether oxygens (including phenoxy) is 1. The van der Waals surface area contributed by atoms with Crippen molar-refractivity contribution in [1.82, 2.24) is 5.32 Å². The van der Waals surface area contributed by atoms with Crippen LogP contribution in [0.4, 0.5) is 5.69 Å². The van der Waals surface area contributed by atoms with E-state index in [1.165, 1.54) is 0 Å². The number of carbonyl (C=O) groups is 1. The van der Waals surface area contributed by atoms with E-state index in [0.717, 1.165) is 50.3 Å². The summed E-state index contributed by atoms with van der Waals surface area (Å²) in [6.07, 6.45) is 2.97. The summed E-state index contributed by atoms with van der Waals surface area (Å²) in [6.45, 7) is 3.28. The van der Waals surface area contributed by atoms with E-state index >= 15 is 0 Å². The third kappa shape index (κ3) is 2.59. The number of rotatable bonds is 1. The Morgan fingerprint density at radius 1 is 1.32 bits per heavy atom. The second-order valence-electron chi connectivity index (χ2n) is 5.20. The highest BCUT2D eigenvalue weighted by Gasteiger charge is 2.29. The summed E-state index contributed by atoms with van der Waals surface area (Å²) in [7, 11) is 0. The summed E-state index contributed by atoms with van der Waals surface area (Å²) in [5, 5.41) is 3.32. The van der Waals surface area contributed by atoms with E-state index in [2.05, 4.69) is 5.32 Å². The van der Waals surface area contributed by atoms with Gasteiger partial charge in [0.05, 0.1) is 18.2 Å². The molecule has 0 radical (unpaired) electrons. The first-order valence-corrected chi connectivity index (χ1v) is 7.10. The van der Waals surface area contributed by atoms with E-state index in [1.807, 2.05) is 29.2 Å². The molecule has 1 atom stereocenters. The molecule has 4 nitrogen and oxygen atoms in total. The molecular weight excluding hydrogens is 240 g/mol. The van der Waals surface area contributed by atoms with E-state index in [-0.39, 0.29) is 11.8 Å². The van der Waals surface area contributed by atoms with Gasteiger partial charge >= 0.3 is 0 Å². The number of nitrogens with one attached hydrogen (secondary N) is 1. The van der Waals surface area contributed by atoms with E-state index in [4.69, 9.17) is 4.74 Å². The molecule has 1 saturated heterocycles. The van der Waals surface area contributed by atoms with Gasteiger partial charge in [-0.3, -0.25) is 4.79 Å². The number of amides is 1. The summed E-state index contributed by atoms with van der Waals surface area (Å²) >= 11 is 0. The van der Waals surface area contributed by atoms with Gasteiger partial charge in [0.2, 0.25) is 5.91 Å². The van der Waals surface area contributed by atoms with Crippen molar-refractivity contribution >= 4 is 11.6 Å². The molecule has 0 aromatic heterocycles. The molecule has 19 heavy (non-hydrogen) atoms. The fraction of sp³-hybridized carbons (Fsp3) is 0.533. The maximum absolute atomic E-state index is 12.7. The van der Waals surface area contributed by atoms with Crippen molar-refractivity contribution in [3.8, 4) is 5.75 Å². The van der Waals surface area contributed by atoms with Crippen LogP contribution < -0.4 is 15.0 Å². The quantitative estimate of drug-likeness (QED) is 0.837. The van der Waals surface area contributed by atoms with Crippen molar-refractivity contribution in [3.05, 3.63) is 24.3 Å². The van der Waals surface area contributed by atoms with E-state index < -0.39 is 0 Å². The first-order chi connectivity index (χ1) is 9.36. The van der Waals surface area contributed by atoms with Gasteiger partial charge in [-0.25, -0.2) is 0 Å². The second kappa shape index (κ2) is 5.61. The minimum absolute atomic E-state index is 0.111. The molecular formula is C15H20N2O2. The minimum atomic E-state index is 0.111. The highest BCUT2D eigenvalue weighted by atomic mass is 16.5. The SMILES string of the molecule is O=C([C@H]1CCCNC1)N1CCCOc2ccccc21. The van der Waals surface area contributed by atoms with Crippen molar-refractivity contribution in [3.63, 3.8) is 0 Å². The van der Waals surface area contributed by atoms with Crippen molar-refractivity contribution in [2.75, 3.05) is 31.1 Å². The number of carbonyl (C=O) groups excluding carboxylic acids is 1. The third-order valence-corrected chi connectivity index (χ3v) is 3.85. The monoisotopic (exact) mass is 260 g/mol. The van der Waals surface area contributed by atoms with Crippen LogP contribution in [0.15, 0.2) is 24.3 Å². The number of piperidine rings is 1.